The Balaban J connectivity index is 5.04. The molecule has 398 valence electrons. The minimum absolute atomic E-state index is 0.0147. The van der Waals surface area contributed by atoms with Gasteiger partial charge in [0.05, 0.1) is 0 Å². The second-order valence-corrected chi connectivity index (χ2v) is 21.2. The lowest BCUT2D eigenvalue weighted by Gasteiger charge is -2.33. The number of ether oxygens (including phenoxy) is 2. The molecule has 67 heavy (non-hydrogen) atoms. The quantitative estimate of drug-likeness (QED) is 0.0447. The van der Waals surface area contributed by atoms with E-state index in [1.54, 1.807) is 0 Å². The summed E-state index contributed by atoms with van der Waals surface area (Å²) in [6.07, 6.45) is 51.1. The molecule has 0 rings (SSSR count). The van der Waals surface area contributed by atoms with Crippen LogP contribution in [0, 0.1) is 0 Å². The van der Waals surface area contributed by atoms with Crippen molar-refractivity contribution in [2.24, 2.45) is 0 Å². The zero-order chi connectivity index (χ0) is 49.3. The zero-order valence-corrected chi connectivity index (χ0v) is 46.4. The van der Waals surface area contributed by atoms with Crippen molar-refractivity contribution in [3.05, 3.63) is 0 Å². The fourth-order valence-electron chi connectivity index (χ4n) is 9.82. The fourth-order valence-corrected chi connectivity index (χ4v) is 9.82. The number of hydrogen-bond acceptors (Lipinski definition) is 6. The van der Waals surface area contributed by atoms with Gasteiger partial charge in [-0.25, -0.2) is 0 Å². The molecule has 0 spiro atoms. The Bertz CT molecular complexity index is 1040. The van der Waals surface area contributed by atoms with Gasteiger partial charge in [-0.2, -0.15) is 0 Å². The van der Waals surface area contributed by atoms with Gasteiger partial charge < -0.3 is 19.3 Å². The molecule has 0 aromatic rings. The van der Waals surface area contributed by atoms with Crippen LogP contribution < -0.4 is 0 Å². The first-order valence-corrected chi connectivity index (χ1v) is 30.0. The average molecular weight is 948 g/mol. The van der Waals surface area contributed by atoms with Crippen molar-refractivity contribution in [1.82, 2.24) is 9.80 Å². The highest BCUT2D eigenvalue weighted by atomic mass is 16.5. The van der Waals surface area contributed by atoms with Gasteiger partial charge in [-0.15, -0.1) is 0 Å². The molecule has 0 radical (unpaired) electrons. The molecule has 0 fully saturated rings. The van der Waals surface area contributed by atoms with Gasteiger partial charge in [0.15, 0.2) is 0 Å². The average Bonchev–Trinajstić information content (AvgIpc) is 3.31. The van der Waals surface area contributed by atoms with Crippen molar-refractivity contribution in [2.75, 3.05) is 27.2 Å². The molecule has 0 saturated carbocycles. The van der Waals surface area contributed by atoms with Gasteiger partial charge in [0.1, 0.15) is 12.2 Å². The summed E-state index contributed by atoms with van der Waals surface area (Å²) in [6, 6.07) is 0.328. The standard InChI is InChI=1S/C60H118N2O5/c1-8-13-18-23-31-40-50-58(63)62(54-43-53-61(6)7)55(45-35-30-27-28-33-42-52-60(65)67-57(48-38-21-16-11-4)49-39-22-17-12-5)44-34-29-25-24-26-32-41-51-59(64)66-56(46-36-19-14-9-2)47-37-20-15-10-3/h55-57H,8-54H2,1-7H3. The van der Waals surface area contributed by atoms with Gasteiger partial charge in [0.25, 0.3) is 0 Å². The largest absolute Gasteiger partial charge is 0.462 e. The van der Waals surface area contributed by atoms with Crippen molar-refractivity contribution in [2.45, 2.75) is 342 Å². The van der Waals surface area contributed by atoms with Gasteiger partial charge >= 0.3 is 11.9 Å². The van der Waals surface area contributed by atoms with Gasteiger partial charge in [0.2, 0.25) is 5.91 Å². The van der Waals surface area contributed by atoms with Gasteiger partial charge in [-0.1, -0.05) is 214 Å². The van der Waals surface area contributed by atoms with Crippen LogP contribution in [0.5, 0.6) is 0 Å². The Morgan fingerprint density at radius 1 is 0.328 bits per heavy atom. The van der Waals surface area contributed by atoms with E-state index in [4.69, 9.17) is 9.47 Å². The second kappa shape index (κ2) is 50.7. The van der Waals surface area contributed by atoms with Gasteiger partial charge in [-0.05, 0) is 111 Å². The van der Waals surface area contributed by atoms with Crippen LogP contribution in [-0.2, 0) is 23.9 Å². The van der Waals surface area contributed by atoms with Crippen molar-refractivity contribution in [1.29, 1.82) is 0 Å². The van der Waals surface area contributed by atoms with Crippen LogP contribution in [-0.4, -0.2) is 73.1 Å². The molecule has 7 nitrogen and oxygen atoms in total. The van der Waals surface area contributed by atoms with Crippen molar-refractivity contribution in [3.63, 3.8) is 0 Å². The second-order valence-electron chi connectivity index (χ2n) is 21.2. The molecule has 0 aliphatic carbocycles. The number of carbonyl (C=O) groups is 3. The number of unbranched alkanes of at least 4 members (excludes halogenated alkanes) is 28. The van der Waals surface area contributed by atoms with Gasteiger partial charge in [0, 0.05) is 31.8 Å². The molecule has 1 amide bonds. The summed E-state index contributed by atoms with van der Waals surface area (Å²) in [5.74, 6) is 0.416. The number of rotatable bonds is 53. The number of nitrogens with zero attached hydrogens (tertiary/aromatic N) is 2. The molecule has 0 heterocycles. The Labute approximate surface area is 419 Å². The van der Waals surface area contributed by atoms with E-state index in [9.17, 15) is 14.4 Å². The summed E-state index contributed by atoms with van der Waals surface area (Å²) in [7, 11) is 4.28. The minimum Gasteiger partial charge on any atom is -0.462 e. The summed E-state index contributed by atoms with van der Waals surface area (Å²) in [5, 5.41) is 0. The highest BCUT2D eigenvalue weighted by molar-refractivity contribution is 5.76. The number of hydrogen-bond donors (Lipinski definition) is 0. The van der Waals surface area contributed by atoms with Crippen LogP contribution in [0.3, 0.4) is 0 Å². The third-order valence-electron chi connectivity index (χ3n) is 14.2. The molecule has 1 atom stereocenters. The molecule has 0 saturated heterocycles. The topological polar surface area (TPSA) is 76.2 Å². The molecule has 0 aromatic heterocycles. The monoisotopic (exact) mass is 947 g/mol. The van der Waals surface area contributed by atoms with E-state index in [2.05, 4.69) is 58.5 Å². The number of esters is 2. The maximum Gasteiger partial charge on any atom is 0.306 e. The molecule has 0 aliphatic heterocycles. The molecule has 7 heteroatoms. The minimum atomic E-state index is 0.0147. The smallest absolute Gasteiger partial charge is 0.306 e. The maximum absolute atomic E-state index is 14.0. The Kier molecular flexibility index (Phi) is 49.5. The molecule has 0 aliphatic rings. The molecule has 0 aromatic carbocycles. The lowest BCUT2D eigenvalue weighted by Crippen LogP contribution is -2.41. The summed E-state index contributed by atoms with van der Waals surface area (Å²) >= 11 is 0. The summed E-state index contributed by atoms with van der Waals surface area (Å²) < 4.78 is 12.1. The first-order valence-electron chi connectivity index (χ1n) is 30.0. The first kappa shape index (κ1) is 65.4. The van der Waals surface area contributed by atoms with Gasteiger partial charge in [-0.3, -0.25) is 14.4 Å². The third-order valence-corrected chi connectivity index (χ3v) is 14.2. The van der Waals surface area contributed by atoms with Crippen LogP contribution in [0.1, 0.15) is 324 Å². The van der Waals surface area contributed by atoms with E-state index in [0.29, 0.717) is 31.2 Å². The molecule has 0 N–H and O–H groups in total. The van der Waals surface area contributed by atoms with Crippen LogP contribution in [0.25, 0.3) is 0 Å². The van der Waals surface area contributed by atoms with E-state index in [1.165, 1.54) is 186 Å². The van der Waals surface area contributed by atoms with E-state index in [1.807, 2.05) is 0 Å². The number of carbonyl (C=O) groups excluding carboxylic acids is 3. The van der Waals surface area contributed by atoms with E-state index in [0.717, 1.165) is 96.6 Å². The van der Waals surface area contributed by atoms with Crippen LogP contribution in [0.15, 0.2) is 0 Å². The van der Waals surface area contributed by atoms with E-state index in [-0.39, 0.29) is 24.1 Å². The predicted octanol–water partition coefficient (Wildman–Crippen LogP) is 18.2. The normalized spacial score (nSPS) is 12.1. The summed E-state index contributed by atoms with van der Waals surface area (Å²) in [6.45, 7) is 13.1. The third kappa shape index (κ3) is 44.1. The maximum atomic E-state index is 14.0. The molecular formula is C60H118N2O5. The molecule has 1 unspecified atom stereocenters. The fraction of sp³-hybridized carbons (Fsp3) is 0.950. The number of amides is 1. The highest BCUT2D eigenvalue weighted by Gasteiger charge is 2.23. The Morgan fingerprint density at radius 2 is 0.612 bits per heavy atom. The van der Waals surface area contributed by atoms with E-state index < -0.39 is 0 Å². The SMILES string of the molecule is CCCCCCCCC(=O)N(CCCN(C)C)C(CCCCCCCCCC(=O)OC(CCCCCC)CCCCCC)CCCCCCCCC(=O)OC(CCCCCC)CCCCCC. The summed E-state index contributed by atoms with van der Waals surface area (Å²) in [4.78, 5) is 44.2. The molecule has 0 bridgehead atoms. The Morgan fingerprint density at radius 3 is 0.955 bits per heavy atom. The van der Waals surface area contributed by atoms with Crippen LogP contribution in [0.2, 0.25) is 0 Å². The van der Waals surface area contributed by atoms with Crippen molar-refractivity contribution in [3.8, 4) is 0 Å². The van der Waals surface area contributed by atoms with E-state index >= 15 is 0 Å². The van der Waals surface area contributed by atoms with Crippen LogP contribution in [0.4, 0.5) is 0 Å². The zero-order valence-electron chi connectivity index (χ0n) is 46.4. The highest BCUT2D eigenvalue weighted by Crippen LogP contribution is 2.23. The lowest BCUT2D eigenvalue weighted by atomic mass is 9.97. The van der Waals surface area contributed by atoms with Crippen LogP contribution >= 0.6 is 0 Å². The Hall–Kier alpha value is -1.63. The lowest BCUT2D eigenvalue weighted by molar-refractivity contribution is -0.151. The predicted molar refractivity (Wildman–Crippen MR) is 290 cm³/mol. The van der Waals surface area contributed by atoms with Crippen molar-refractivity contribution >= 4 is 17.8 Å². The summed E-state index contributed by atoms with van der Waals surface area (Å²) in [5.41, 5.74) is 0. The van der Waals surface area contributed by atoms with Crippen molar-refractivity contribution < 1.29 is 23.9 Å². The first-order chi connectivity index (χ1) is 32.7. The molecular weight excluding hydrogens is 829 g/mol.